The molecule has 0 aliphatic carbocycles. The van der Waals surface area contributed by atoms with Crippen LogP contribution in [-0.4, -0.2) is 16.9 Å². The van der Waals surface area contributed by atoms with Crippen molar-refractivity contribution in [1.29, 1.82) is 0 Å². The second-order valence-corrected chi connectivity index (χ2v) is 6.62. The van der Waals surface area contributed by atoms with E-state index in [2.05, 4.69) is 34.8 Å². The molecule has 4 nitrogen and oxygen atoms in total. The summed E-state index contributed by atoms with van der Waals surface area (Å²) in [6.07, 6.45) is 1.92. The minimum absolute atomic E-state index is 0.00621. The molecule has 0 unspecified atom stereocenters. The van der Waals surface area contributed by atoms with E-state index in [9.17, 15) is 4.79 Å². The zero-order chi connectivity index (χ0) is 16.7. The third kappa shape index (κ3) is 5.44. The van der Waals surface area contributed by atoms with Crippen molar-refractivity contribution < 1.29 is 4.79 Å². The molecule has 0 aliphatic heterocycles. The number of aryl methyl sites for hydroxylation is 1. The average molecular weight is 331 g/mol. The summed E-state index contributed by atoms with van der Waals surface area (Å²) in [7, 11) is 0. The number of rotatable bonds is 8. The second-order valence-electron chi connectivity index (χ2n) is 5.67. The number of thiazole rings is 1. The molecule has 0 bridgehead atoms. The van der Waals surface area contributed by atoms with Gasteiger partial charge in [0, 0.05) is 30.1 Å². The number of benzene rings is 1. The summed E-state index contributed by atoms with van der Waals surface area (Å²) in [5.74, 6) is -0.00621. The second kappa shape index (κ2) is 8.79. The summed E-state index contributed by atoms with van der Waals surface area (Å²) in [5, 5.41) is 9.65. The first-order chi connectivity index (χ1) is 11.1. The molecule has 0 fully saturated rings. The maximum Gasteiger partial charge on any atom is 0.251 e. The van der Waals surface area contributed by atoms with Gasteiger partial charge < -0.3 is 10.6 Å². The van der Waals surface area contributed by atoms with Gasteiger partial charge in [-0.25, -0.2) is 4.98 Å². The monoisotopic (exact) mass is 331 g/mol. The highest BCUT2D eigenvalue weighted by atomic mass is 32.1. The van der Waals surface area contributed by atoms with Gasteiger partial charge in [0.1, 0.15) is 0 Å². The summed E-state index contributed by atoms with van der Waals surface area (Å²) in [4.78, 5) is 16.7. The molecule has 124 valence electrons. The van der Waals surface area contributed by atoms with Crippen molar-refractivity contribution in [3.63, 3.8) is 0 Å². The van der Waals surface area contributed by atoms with Gasteiger partial charge in [-0.05, 0) is 37.5 Å². The first-order valence-corrected chi connectivity index (χ1v) is 9.04. The van der Waals surface area contributed by atoms with Crippen LogP contribution in [-0.2, 0) is 19.5 Å². The Kier molecular flexibility index (Phi) is 6.74. The highest BCUT2D eigenvalue weighted by Gasteiger charge is 2.09. The highest BCUT2D eigenvalue weighted by molar-refractivity contribution is 7.09. The fourth-order valence-corrected chi connectivity index (χ4v) is 2.90. The lowest BCUT2D eigenvalue weighted by molar-refractivity contribution is 0.0939. The molecular formula is C18H25N3OS. The van der Waals surface area contributed by atoms with Gasteiger partial charge in [-0.15, -0.1) is 11.3 Å². The van der Waals surface area contributed by atoms with Crippen molar-refractivity contribution in [3.8, 4) is 0 Å². The Morgan fingerprint density at radius 1 is 1.30 bits per heavy atom. The third-order valence-electron chi connectivity index (χ3n) is 3.72. The van der Waals surface area contributed by atoms with Crippen molar-refractivity contribution in [2.24, 2.45) is 0 Å². The first kappa shape index (κ1) is 17.6. The minimum atomic E-state index is -0.00621. The molecule has 1 amide bonds. The first-order valence-electron chi connectivity index (χ1n) is 8.16. The number of aromatic nitrogens is 1. The Morgan fingerprint density at radius 2 is 2.13 bits per heavy atom. The van der Waals surface area contributed by atoms with E-state index in [4.69, 9.17) is 0 Å². The maximum atomic E-state index is 12.2. The molecule has 2 rings (SSSR count). The Balaban J connectivity index is 1.88. The quantitative estimate of drug-likeness (QED) is 0.778. The van der Waals surface area contributed by atoms with Crippen LogP contribution in [0.25, 0.3) is 0 Å². The predicted molar refractivity (Wildman–Crippen MR) is 95.7 cm³/mol. The molecule has 0 spiro atoms. The van der Waals surface area contributed by atoms with Crippen LogP contribution in [0.5, 0.6) is 0 Å². The molecule has 1 aromatic carbocycles. The number of nitrogens with one attached hydrogen (secondary N) is 2. The summed E-state index contributed by atoms with van der Waals surface area (Å²) in [5.41, 5.74) is 2.90. The summed E-state index contributed by atoms with van der Waals surface area (Å²) in [6, 6.07) is 7.96. The standard InChI is InChI=1S/C18H25N3OS/c1-4-13(3)20-18(22)15-8-6-7-14(9-15)10-19-11-16-12-23-17(5-2)21-16/h6-9,12-13,19H,4-5,10-11H2,1-3H3,(H,20,22)/t13-/m1/s1. The summed E-state index contributed by atoms with van der Waals surface area (Å²) < 4.78 is 0. The summed E-state index contributed by atoms with van der Waals surface area (Å²) >= 11 is 1.71. The van der Waals surface area contributed by atoms with Gasteiger partial charge in [0.15, 0.2) is 0 Å². The fraction of sp³-hybridized carbons (Fsp3) is 0.444. The normalized spacial score (nSPS) is 12.1. The van der Waals surface area contributed by atoms with E-state index in [-0.39, 0.29) is 11.9 Å². The van der Waals surface area contributed by atoms with Crippen molar-refractivity contribution >= 4 is 17.2 Å². The smallest absolute Gasteiger partial charge is 0.251 e. The molecule has 0 saturated carbocycles. The van der Waals surface area contributed by atoms with Crippen molar-refractivity contribution in [1.82, 2.24) is 15.6 Å². The molecular weight excluding hydrogens is 306 g/mol. The molecule has 2 aromatic rings. The lowest BCUT2D eigenvalue weighted by atomic mass is 10.1. The van der Waals surface area contributed by atoms with E-state index in [0.29, 0.717) is 5.56 Å². The molecule has 0 aliphatic rings. The van der Waals surface area contributed by atoms with E-state index >= 15 is 0 Å². The topological polar surface area (TPSA) is 54.0 Å². The van der Waals surface area contributed by atoms with E-state index in [1.165, 1.54) is 5.01 Å². The molecule has 1 atom stereocenters. The van der Waals surface area contributed by atoms with Crippen molar-refractivity contribution in [2.45, 2.75) is 52.7 Å². The van der Waals surface area contributed by atoms with Crippen LogP contribution in [0.4, 0.5) is 0 Å². The number of carbonyl (C=O) groups is 1. The Labute approximate surface area is 142 Å². The average Bonchev–Trinajstić information content (AvgIpc) is 3.03. The zero-order valence-electron chi connectivity index (χ0n) is 14.1. The van der Waals surface area contributed by atoms with Gasteiger partial charge in [0.25, 0.3) is 5.91 Å². The molecule has 5 heteroatoms. The van der Waals surface area contributed by atoms with Gasteiger partial charge in [0.2, 0.25) is 0 Å². The van der Waals surface area contributed by atoms with Crippen LogP contribution in [0.1, 0.15) is 53.8 Å². The molecule has 23 heavy (non-hydrogen) atoms. The zero-order valence-corrected chi connectivity index (χ0v) is 14.9. The minimum Gasteiger partial charge on any atom is -0.350 e. The molecule has 2 N–H and O–H groups in total. The SMILES string of the molecule is CCc1nc(CNCc2cccc(C(=O)N[C@H](C)CC)c2)cs1. The largest absolute Gasteiger partial charge is 0.350 e. The van der Waals surface area contributed by atoms with Gasteiger partial charge in [0.05, 0.1) is 10.7 Å². The van der Waals surface area contributed by atoms with Crippen LogP contribution in [0.2, 0.25) is 0 Å². The van der Waals surface area contributed by atoms with Crippen LogP contribution in [0.15, 0.2) is 29.6 Å². The molecule has 1 heterocycles. The van der Waals surface area contributed by atoms with Crippen molar-refractivity contribution in [3.05, 3.63) is 51.5 Å². The number of nitrogens with zero attached hydrogens (tertiary/aromatic N) is 1. The Hall–Kier alpha value is -1.72. The van der Waals surface area contributed by atoms with E-state index < -0.39 is 0 Å². The number of hydrogen-bond acceptors (Lipinski definition) is 4. The number of hydrogen-bond donors (Lipinski definition) is 2. The van der Waals surface area contributed by atoms with Gasteiger partial charge in [-0.2, -0.15) is 0 Å². The van der Waals surface area contributed by atoms with Crippen LogP contribution < -0.4 is 10.6 Å². The fourth-order valence-electron chi connectivity index (χ4n) is 2.16. The summed E-state index contributed by atoms with van der Waals surface area (Å²) in [6.45, 7) is 7.67. The molecule has 0 saturated heterocycles. The lowest BCUT2D eigenvalue weighted by Gasteiger charge is -2.12. The number of amides is 1. The molecule has 1 aromatic heterocycles. The van der Waals surface area contributed by atoms with Gasteiger partial charge >= 0.3 is 0 Å². The Morgan fingerprint density at radius 3 is 2.83 bits per heavy atom. The van der Waals surface area contributed by atoms with E-state index in [1.807, 2.05) is 31.2 Å². The van der Waals surface area contributed by atoms with Crippen molar-refractivity contribution in [2.75, 3.05) is 0 Å². The van der Waals surface area contributed by atoms with Crippen LogP contribution >= 0.6 is 11.3 Å². The highest BCUT2D eigenvalue weighted by Crippen LogP contribution is 2.10. The van der Waals surface area contributed by atoms with E-state index in [0.717, 1.165) is 37.2 Å². The third-order valence-corrected chi connectivity index (χ3v) is 4.76. The number of carbonyl (C=O) groups excluding carboxylic acids is 1. The van der Waals surface area contributed by atoms with Gasteiger partial charge in [-0.3, -0.25) is 4.79 Å². The van der Waals surface area contributed by atoms with Crippen LogP contribution in [0.3, 0.4) is 0 Å². The maximum absolute atomic E-state index is 12.2. The van der Waals surface area contributed by atoms with E-state index in [1.54, 1.807) is 11.3 Å². The lowest BCUT2D eigenvalue weighted by Crippen LogP contribution is -2.32. The predicted octanol–water partition coefficient (Wildman–Crippen LogP) is 3.52. The Bertz CT molecular complexity index is 639. The van der Waals surface area contributed by atoms with Gasteiger partial charge in [-0.1, -0.05) is 26.0 Å². The molecule has 0 radical (unpaired) electrons. The van der Waals surface area contributed by atoms with Crippen LogP contribution in [0, 0.1) is 0 Å².